The van der Waals surface area contributed by atoms with E-state index in [0.717, 1.165) is 13.1 Å². The molecule has 20 heavy (non-hydrogen) atoms. The average molecular weight is 284 g/mol. The first kappa shape index (κ1) is 17.4. The highest BCUT2D eigenvalue weighted by Crippen LogP contribution is 2.38. The molecule has 4 nitrogen and oxygen atoms in total. The molecule has 1 saturated heterocycles. The van der Waals surface area contributed by atoms with Gasteiger partial charge >= 0.3 is 5.97 Å². The fourth-order valence-electron chi connectivity index (χ4n) is 3.30. The van der Waals surface area contributed by atoms with Gasteiger partial charge in [0.25, 0.3) is 0 Å². The van der Waals surface area contributed by atoms with E-state index >= 15 is 0 Å². The maximum absolute atomic E-state index is 11.9. The summed E-state index contributed by atoms with van der Waals surface area (Å²) in [5.41, 5.74) is 5.72. The van der Waals surface area contributed by atoms with Gasteiger partial charge in [0.15, 0.2) is 0 Å². The number of carbonyl (C=O) groups is 1. The molecule has 0 bridgehead atoms. The summed E-state index contributed by atoms with van der Waals surface area (Å²) < 4.78 is 5.07. The Balaban J connectivity index is 2.59. The van der Waals surface area contributed by atoms with Gasteiger partial charge in [-0.1, -0.05) is 13.8 Å². The topological polar surface area (TPSA) is 55.6 Å². The van der Waals surface area contributed by atoms with Crippen molar-refractivity contribution in [2.24, 2.45) is 11.1 Å². The smallest absolute Gasteiger partial charge is 0.325 e. The summed E-state index contributed by atoms with van der Waals surface area (Å²) in [6.45, 7) is 13.0. The molecule has 0 saturated carbocycles. The Morgan fingerprint density at radius 2 is 2.00 bits per heavy atom. The summed E-state index contributed by atoms with van der Waals surface area (Å²) in [6.07, 6.45) is 4.36. The van der Waals surface area contributed by atoms with Crippen molar-refractivity contribution >= 4 is 5.97 Å². The molecule has 1 aliphatic rings. The maximum Gasteiger partial charge on any atom is 0.325 e. The minimum Gasteiger partial charge on any atom is -0.465 e. The quantitative estimate of drug-likeness (QED) is 0.730. The van der Waals surface area contributed by atoms with Crippen LogP contribution in [0.4, 0.5) is 0 Å². The molecule has 1 fully saturated rings. The van der Waals surface area contributed by atoms with Gasteiger partial charge in [-0.05, 0) is 58.4 Å². The van der Waals surface area contributed by atoms with Crippen molar-refractivity contribution in [1.29, 1.82) is 0 Å². The van der Waals surface area contributed by atoms with E-state index in [9.17, 15) is 4.79 Å². The second kappa shape index (κ2) is 6.90. The van der Waals surface area contributed by atoms with Crippen LogP contribution in [0.5, 0.6) is 0 Å². The Morgan fingerprint density at radius 3 is 2.45 bits per heavy atom. The van der Waals surface area contributed by atoms with Crippen molar-refractivity contribution in [3.8, 4) is 0 Å². The molecule has 0 spiro atoms. The van der Waals surface area contributed by atoms with Gasteiger partial charge in [0.1, 0.15) is 5.54 Å². The van der Waals surface area contributed by atoms with E-state index in [-0.39, 0.29) is 5.97 Å². The molecule has 0 amide bonds. The lowest BCUT2D eigenvalue weighted by atomic mass is 9.82. The number of hydrogen-bond acceptors (Lipinski definition) is 4. The van der Waals surface area contributed by atoms with Gasteiger partial charge in [0.2, 0.25) is 0 Å². The zero-order valence-corrected chi connectivity index (χ0v) is 13.9. The van der Waals surface area contributed by atoms with Crippen molar-refractivity contribution < 1.29 is 9.53 Å². The van der Waals surface area contributed by atoms with Gasteiger partial charge in [-0.15, -0.1) is 0 Å². The monoisotopic (exact) mass is 284 g/mol. The SMILES string of the molecule is CCOC(=O)C(C)(N)CC(C)N1CCC(CC)(CC)C1. The number of hydrogen-bond donors (Lipinski definition) is 1. The zero-order chi connectivity index (χ0) is 15.4. The van der Waals surface area contributed by atoms with Crippen molar-refractivity contribution in [3.05, 3.63) is 0 Å². The van der Waals surface area contributed by atoms with E-state index in [1.807, 2.05) is 6.92 Å². The lowest BCUT2D eigenvalue weighted by Gasteiger charge is -2.33. The van der Waals surface area contributed by atoms with Crippen molar-refractivity contribution in [2.45, 2.75) is 71.9 Å². The largest absolute Gasteiger partial charge is 0.465 e. The number of carbonyl (C=O) groups excluding carboxylic acids is 1. The van der Waals surface area contributed by atoms with Crippen LogP contribution < -0.4 is 5.73 Å². The second-order valence-corrected chi connectivity index (χ2v) is 6.62. The molecular weight excluding hydrogens is 252 g/mol. The molecule has 118 valence electrons. The van der Waals surface area contributed by atoms with Crippen LogP contribution in [0, 0.1) is 5.41 Å². The van der Waals surface area contributed by atoms with Crippen molar-refractivity contribution in [2.75, 3.05) is 19.7 Å². The van der Waals surface area contributed by atoms with Crippen molar-refractivity contribution in [3.63, 3.8) is 0 Å². The standard InChI is InChI=1S/C16H32N2O2/c1-6-16(7-2)9-10-18(12-16)13(4)11-15(5,17)14(19)20-8-3/h13H,6-12,17H2,1-5H3. The van der Waals surface area contributed by atoms with Crippen LogP contribution in [0.2, 0.25) is 0 Å². The zero-order valence-electron chi connectivity index (χ0n) is 13.9. The summed E-state index contributed by atoms with van der Waals surface area (Å²) in [5, 5.41) is 0. The van der Waals surface area contributed by atoms with E-state index in [1.54, 1.807) is 6.92 Å². The highest BCUT2D eigenvalue weighted by molar-refractivity contribution is 5.80. The number of ether oxygens (including phenoxy) is 1. The third kappa shape index (κ3) is 3.95. The first-order valence-corrected chi connectivity index (χ1v) is 8.00. The molecule has 0 aromatic heterocycles. The molecule has 2 atom stereocenters. The molecule has 0 aromatic rings. The lowest BCUT2D eigenvalue weighted by Crippen LogP contribution is -2.51. The number of nitrogens with zero attached hydrogens (tertiary/aromatic N) is 1. The molecular formula is C16H32N2O2. The van der Waals surface area contributed by atoms with E-state index in [1.165, 1.54) is 19.3 Å². The number of nitrogens with two attached hydrogens (primary N) is 1. The highest BCUT2D eigenvalue weighted by atomic mass is 16.5. The van der Waals surface area contributed by atoms with Gasteiger partial charge in [-0.2, -0.15) is 0 Å². The van der Waals surface area contributed by atoms with Crippen LogP contribution >= 0.6 is 0 Å². The first-order chi connectivity index (χ1) is 9.30. The summed E-state index contributed by atoms with van der Waals surface area (Å²) in [5.74, 6) is -0.289. The minimum absolute atomic E-state index is 0.289. The Bertz CT molecular complexity index is 324. The Labute approximate surface area is 124 Å². The van der Waals surface area contributed by atoms with Crippen molar-refractivity contribution in [1.82, 2.24) is 4.90 Å². The number of likely N-dealkylation sites (tertiary alicyclic amines) is 1. The van der Waals surface area contributed by atoms with Crippen LogP contribution in [0.3, 0.4) is 0 Å². The second-order valence-electron chi connectivity index (χ2n) is 6.62. The normalized spacial score (nSPS) is 23.3. The summed E-state index contributed by atoms with van der Waals surface area (Å²) >= 11 is 0. The third-order valence-electron chi connectivity index (χ3n) is 5.05. The van der Waals surface area contributed by atoms with Gasteiger partial charge in [-0.25, -0.2) is 0 Å². The molecule has 4 heteroatoms. The first-order valence-electron chi connectivity index (χ1n) is 8.00. The fourth-order valence-corrected chi connectivity index (χ4v) is 3.30. The average Bonchev–Trinajstić information content (AvgIpc) is 2.84. The molecule has 1 heterocycles. The number of esters is 1. The molecule has 1 aliphatic heterocycles. The lowest BCUT2D eigenvalue weighted by molar-refractivity contribution is -0.149. The van der Waals surface area contributed by atoms with Crippen LogP contribution in [0.25, 0.3) is 0 Å². The molecule has 0 radical (unpaired) electrons. The Morgan fingerprint density at radius 1 is 1.40 bits per heavy atom. The van der Waals surface area contributed by atoms with Crippen LogP contribution in [0.15, 0.2) is 0 Å². The predicted molar refractivity (Wildman–Crippen MR) is 82.5 cm³/mol. The number of rotatable bonds is 7. The highest BCUT2D eigenvalue weighted by Gasteiger charge is 2.39. The van der Waals surface area contributed by atoms with Gasteiger partial charge in [0, 0.05) is 12.6 Å². The predicted octanol–water partition coefficient (Wildman–Crippen LogP) is 2.56. The summed E-state index contributed by atoms with van der Waals surface area (Å²) in [6, 6.07) is 0.314. The Hall–Kier alpha value is -0.610. The van der Waals surface area contributed by atoms with Gasteiger partial charge < -0.3 is 15.4 Å². The summed E-state index contributed by atoms with van der Waals surface area (Å²) in [4.78, 5) is 14.4. The van der Waals surface area contributed by atoms with Crippen LogP contribution in [0.1, 0.15) is 60.3 Å². The molecule has 2 unspecified atom stereocenters. The van der Waals surface area contributed by atoms with E-state index in [2.05, 4.69) is 25.7 Å². The van der Waals surface area contributed by atoms with Crippen LogP contribution in [-0.4, -0.2) is 42.1 Å². The third-order valence-corrected chi connectivity index (χ3v) is 5.05. The molecule has 1 rings (SSSR count). The molecule has 2 N–H and O–H groups in total. The Kier molecular flexibility index (Phi) is 6.02. The van der Waals surface area contributed by atoms with E-state index in [0.29, 0.717) is 24.5 Å². The minimum atomic E-state index is -0.890. The summed E-state index contributed by atoms with van der Waals surface area (Å²) in [7, 11) is 0. The maximum atomic E-state index is 11.9. The van der Waals surface area contributed by atoms with Crippen LogP contribution in [-0.2, 0) is 9.53 Å². The van der Waals surface area contributed by atoms with Gasteiger partial charge in [0.05, 0.1) is 6.61 Å². The van der Waals surface area contributed by atoms with E-state index in [4.69, 9.17) is 10.5 Å². The fraction of sp³-hybridized carbons (Fsp3) is 0.938. The molecule has 0 aromatic carbocycles. The van der Waals surface area contributed by atoms with Gasteiger partial charge in [-0.3, -0.25) is 4.79 Å². The molecule has 0 aliphatic carbocycles. The van der Waals surface area contributed by atoms with E-state index < -0.39 is 5.54 Å².